The number of carbonyl (C=O) groups is 2. The van der Waals surface area contributed by atoms with Crippen LogP contribution in [0.25, 0.3) is 11.3 Å². The summed E-state index contributed by atoms with van der Waals surface area (Å²) >= 11 is 1.50. The summed E-state index contributed by atoms with van der Waals surface area (Å²) in [6.07, 6.45) is 5.98. The minimum atomic E-state index is -0.384. The number of aryl methyl sites for hydroxylation is 3. The monoisotopic (exact) mass is 479 g/mol. The number of benzene rings is 1. The lowest BCUT2D eigenvalue weighted by Gasteiger charge is -2.15. The van der Waals surface area contributed by atoms with Crippen LogP contribution in [0.15, 0.2) is 28.8 Å². The van der Waals surface area contributed by atoms with Gasteiger partial charge in [0.25, 0.3) is 11.8 Å². The van der Waals surface area contributed by atoms with Gasteiger partial charge in [-0.05, 0) is 75.1 Å². The molecule has 2 aromatic heterocycles. The average Bonchev–Trinajstić information content (AvgIpc) is 3.59. The molecule has 0 unspecified atom stereocenters. The Labute approximate surface area is 202 Å². The van der Waals surface area contributed by atoms with Gasteiger partial charge in [-0.25, -0.2) is 0 Å². The number of hydrogen-bond donors (Lipinski definition) is 2. The summed E-state index contributed by atoms with van der Waals surface area (Å²) in [7, 11) is 0. The quantitative estimate of drug-likeness (QED) is 0.515. The Morgan fingerprint density at radius 2 is 1.94 bits per heavy atom. The Morgan fingerprint density at radius 3 is 2.74 bits per heavy atom. The van der Waals surface area contributed by atoms with Gasteiger partial charge in [0, 0.05) is 29.7 Å². The number of nitrogens with zero attached hydrogens (tertiary/aromatic N) is 1. The highest BCUT2D eigenvalue weighted by Crippen LogP contribution is 2.38. The third-order valence-corrected chi connectivity index (χ3v) is 7.88. The summed E-state index contributed by atoms with van der Waals surface area (Å²) in [5.74, 6) is 0.0000309. The molecule has 1 atom stereocenters. The van der Waals surface area contributed by atoms with E-state index in [2.05, 4.69) is 15.8 Å². The molecule has 1 saturated heterocycles. The first kappa shape index (κ1) is 22.8. The summed E-state index contributed by atoms with van der Waals surface area (Å²) < 4.78 is 11.1. The van der Waals surface area contributed by atoms with E-state index >= 15 is 0 Å². The van der Waals surface area contributed by atoms with Crippen molar-refractivity contribution in [3.8, 4) is 11.3 Å². The second kappa shape index (κ2) is 9.72. The Kier molecular flexibility index (Phi) is 6.52. The van der Waals surface area contributed by atoms with Crippen LogP contribution in [0.5, 0.6) is 0 Å². The smallest absolute Gasteiger partial charge is 0.278 e. The first-order chi connectivity index (χ1) is 16.5. The van der Waals surface area contributed by atoms with E-state index in [0.717, 1.165) is 61.8 Å². The second-order valence-corrected chi connectivity index (χ2v) is 10.2. The van der Waals surface area contributed by atoms with Crippen molar-refractivity contribution < 1.29 is 18.8 Å². The van der Waals surface area contributed by atoms with E-state index in [9.17, 15) is 9.59 Å². The highest BCUT2D eigenvalue weighted by Gasteiger charge is 2.28. The van der Waals surface area contributed by atoms with Crippen LogP contribution in [0.3, 0.4) is 0 Å². The Balaban J connectivity index is 1.36. The third kappa shape index (κ3) is 4.65. The number of hydrogen-bond acceptors (Lipinski definition) is 6. The molecule has 0 radical (unpaired) electrons. The molecule has 1 aromatic carbocycles. The Bertz CT molecular complexity index is 1220. The van der Waals surface area contributed by atoms with E-state index in [1.807, 2.05) is 32.0 Å². The first-order valence-corrected chi connectivity index (χ1v) is 12.7. The average molecular weight is 480 g/mol. The summed E-state index contributed by atoms with van der Waals surface area (Å²) in [6.45, 7) is 5.32. The number of anilines is 1. The standard InChI is InChI=1S/C26H29N3O4S/c1-15-9-10-17(12-16(15)2)21-13-20(29-33-21)24(30)28-26-23(19-7-3-4-8-22(19)34-26)25(31)27-14-18-6-5-11-32-18/h9-10,12-13,18H,3-8,11,14H2,1-2H3,(H,27,31)(H,28,30)/t18-/m1/s1. The molecule has 1 aliphatic heterocycles. The summed E-state index contributed by atoms with van der Waals surface area (Å²) in [6, 6.07) is 7.63. The van der Waals surface area contributed by atoms with Crippen LogP contribution in [0.4, 0.5) is 5.00 Å². The fourth-order valence-electron chi connectivity index (χ4n) is 4.57. The van der Waals surface area contributed by atoms with Crippen molar-refractivity contribution >= 4 is 28.2 Å². The van der Waals surface area contributed by atoms with Gasteiger partial charge >= 0.3 is 0 Å². The van der Waals surface area contributed by atoms with Crippen molar-refractivity contribution in [2.24, 2.45) is 0 Å². The lowest BCUT2D eigenvalue weighted by atomic mass is 9.95. The number of aromatic nitrogens is 1. The molecule has 2 N–H and O–H groups in total. The molecule has 8 heteroatoms. The molecule has 0 saturated carbocycles. The SMILES string of the molecule is Cc1ccc(-c2cc(C(=O)Nc3sc4c(c3C(=O)NC[C@H]3CCCO3)CCCC4)no2)cc1C. The molecular formula is C26H29N3O4S. The molecule has 7 nitrogen and oxygen atoms in total. The minimum Gasteiger partial charge on any atom is -0.376 e. The fourth-order valence-corrected chi connectivity index (χ4v) is 5.86. The zero-order valence-electron chi connectivity index (χ0n) is 19.5. The lowest BCUT2D eigenvalue weighted by Crippen LogP contribution is -2.32. The van der Waals surface area contributed by atoms with E-state index in [1.54, 1.807) is 6.07 Å². The van der Waals surface area contributed by atoms with E-state index < -0.39 is 0 Å². The van der Waals surface area contributed by atoms with Crippen LogP contribution < -0.4 is 10.6 Å². The number of amides is 2. The van der Waals surface area contributed by atoms with Gasteiger partial charge in [-0.15, -0.1) is 11.3 Å². The number of ether oxygens (including phenoxy) is 1. The number of carbonyl (C=O) groups excluding carboxylic acids is 2. The van der Waals surface area contributed by atoms with Crippen LogP contribution in [0.2, 0.25) is 0 Å². The maximum Gasteiger partial charge on any atom is 0.278 e. The molecule has 5 rings (SSSR count). The summed E-state index contributed by atoms with van der Waals surface area (Å²) in [5, 5.41) is 10.5. The molecule has 2 aliphatic rings. The predicted octanol–water partition coefficient (Wildman–Crippen LogP) is 5.06. The topological polar surface area (TPSA) is 93.5 Å². The Hall–Kier alpha value is -2.97. The lowest BCUT2D eigenvalue weighted by molar-refractivity contribution is 0.0858. The third-order valence-electron chi connectivity index (χ3n) is 6.67. The van der Waals surface area contributed by atoms with E-state index in [4.69, 9.17) is 9.26 Å². The summed E-state index contributed by atoms with van der Waals surface area (Å²) in [4.78, 5) is 27.4. The zero-order chi connectivity index (χ0) is 23.7. The predicted molar refractivity (Wildman–Crippen MR) is 132 cm³/mol. The number of rotatable bonds is 6. The van der Waals surface area contributed by atoms with Gasteiger partial charge in [0.05, 0.1) is 11.7 Å². The van der Waals surface area contributed by atoms with Crippen LogP contribution in [-0.2, 0) is 17.6 Å². The van der Waals surface area contributed by atoms with Gasteiger partial charge in [0.1, 0.15) is 5.00 Å². The molecule has 1 fully saturated rings. The van der Waals surface area contributed by atoms with Gasteiger partial charge in [-0.1, -0.05) is 17.3 Å². The molecule has 0 spiro atoms. The molecular weight excluding hydrogens is 450 g/mol. The fraction of sp³-hybridized carbons (Fsp3) is 0.423. The highest BCUT2D eigenvalue weighted by molar-refractivity contribution is 7.17. The maximum atomic E-state index is 13.2. The van der Waals surface area contributed by atoms with Crippen molar-refractivity contribution in [1.29, 1.82) is 0 Å². The van der Waals surface area contributed by atoms with Gasteiger partial charge in [0.15, 0.2) is 11.5 Å². The van der Waals surface area contributed by atoms with Crippen molar-refractivity contribution in [3.63, 3.8) is 0 Å². The van der Waals surface area contributed by atoms with Gasteiger partial charge < -0.3 is 19.9 Å². The highest BCUT2D eigenvalue weighted by atomic mass is 32.1. The molecule has 34 heavy (non-hydrogen) atoms. The maximum absolute atomic E-state index is 13.2. The van der Waals surface area contributed by atoms with E-state index in [-0.39, 0.29) is 23.6 Å². The molecule has 1 aliphatic carbocycles. The molecule has 178 valence electrons. The molecule has 3 heterocycles. The number of thiophene rings is 1. The summed E-state index contributed by atoms with van der Waals surface area (Å²) in [5.41, 5.74) is 5.04. The Morgan fingerprint density at radius 1 is 1.09 bits per heavy atom. The molecule has 0 bridgehead atoms. The van der Waals surface area contributed by atoms with Crippen LogP contribution in [-0.4, -0.2) is 36.2 Å². The molecule has 2 amide bonds. The van der Waals surface area contributed by atoms with Crippen LogP contribution in [0, 0.1) is 13.8 Å². The van der Waals surface area contributed by atoms with Crippen LogP contribution in [0.1, 0.15) is 68.1 Å². The molecule has 3 aromatic rings. The first-order valence-electron chi connectivity index (χ1n) is 11.9. The second-order valence-electron chi connectivity index (χ2n) is 9.09. The van der Waals surface area contributed by atoms with E-state index in [1.165, 1.54) is 21.8 Å². The van der Waals surface area contributed by atoms with Gasteiger partial charge in [0.2, 0.25) is 0 Å². The minimum absolute atomic E-state index is 0.0652. The zero-order valence-corrected chi connectivity index (χ0v) is 20.3. The van der Waals surface area contributed by atoms with Crippen LogP contribution >= 0.6 is 11.3 Å². The number of nitrogens with one attached hydrogen (secondary N) is 2. The largest absolute Gasteiger partial charge is 0.376 e. The van der Waals surface area contributed by atoms with E-state index in [0.29, 0.717) is 22.9 Å². The van der Waals surface area contributed by atoms with Crippen molar-refractivity contribution in [2.45, 2.75) is 58.5 Å². The van der Waals surface area contributed by atoms with Crippen molar-refractivity contribution in [1.82, 2.24) is 10.5 Å². The van der Waals surface area contributed by atoms with Crippen molar-refractivity contribution in [3.05, 3.63) is 57.1 Å². The van der Waals surface area contributed by atoms with Gasteiger partial charge in [-0.3, -0.25) is 9.59 Å². The van der Waals surface area contributed by atoms with Gasteiger partial charge in [-0.2, -0.15) is 0 Å². The normalized spacial score (nSPS) is 17.4. The number of fused-ring (bicyclic) bond motifs is 1. The van der Waals surface area contributed by atoms with Crippen molar-refractivity contribution in [2.75, 3.05) is 18.5 Å².